The van der Waals surface area contributed by atoms with E-state index in [0.717, 1.165) is 21.4 Å². The van der Waals surface area contributed by atoms with Crippen LogP contribution in [0.1, 0.15) is 24.6 Å². The average molecular weight is 302 g/mol. The van der Waals surface area contributed by atoms with Crippen LogP contribution in [-0.2, 0) is 0 Å². The molecule has 3 aromatic rings. The van der Waals surface area contributed by atoms with E-state index >= 15 is 0 Å². The maximum Gasteiger partial charge on any atom is 0.234 e. The van der Waals surface area contributed by atoms with E-state index in [2.05, 4.69) is 15.3 Å². The number of hydrogen-bond donors (Lipinski definition) is 0. The summed E-state index contributed by atoms with van der Waals surface area (Å²) in [7, 11) is 3.27. The molecule has 7 heteroatoms. The van der Waals surface area contributed by atoms with Crippen molar-refractivity contribution in [3.05, 3.63) is 24.0 Å². The van der Waals surface area contributed by atoms with Crippen molar-refractivity contribution < 1.29 is 9.47 Å². The SMILES string of the molecule is COc1cccc(-c2nn3c(C4CC4)nnc3s2)c1OC. The molecule has 0 spiro atoms. The lowest BCUT2D eigenvalue weighted by atomic mass is 10.2. The number of nitrogens with zero attached hydrogens (tertiary/aromatic N) is 4. The molecule has 0 atom stereocenters. The highest BCUT2D eigenvalue weighted by Crippen LogP contribution is 2.42. The fourth-order valence-corrected chi connectivity index (χ4v) is 3.26. The summed E-state index contributed by atoms with van der Waals surface area (Å²) in [5.74, 6) is 2.87. The first kappa shape index (κ1) is 12.6. The number of aromatic nitrogens is 4. The van der Waals surface area contributed by atoms with E-state index in [9.17, 15) is 0 Å². The van der Waals surface area contributed by atoms with Crippen LogP contribution in [0.5, 0.6) is 11.5 Å². The van der Waals surface area contributed by atoms with E-state index in [4.69, 9.17) is 9.47 Å². The van der Waals surface area contributed by atoms with Crippen LogP contribution in [0.4, 0.5) is 0 Å². The summed E-state index contributed by atoms with van der Waals surface area (Å²) in [5.41, 5.74) is 0.911. The van der Waals surface area contributed by atoms with Gasteiger partial charge in [-0.2, -0.15) is 9.61 Å². The molecular weight excluding hydrogens is 288 g/mol. The molecule has 6 nitrogen and oxygen atoms in total. The largest absolute Gasteiger partial charge is 0.493 e. The van der Waals surface area contributed by atoms with Crippen molar-refractivity contribution in [3.8, 4) is 22.1 Å². The summed E-state index contributed by atoms with van der Waals surface area (Å²) >= 11 is 1.51. The Labute approximate surface area is 125 Å². The number of rotatable bonds is 4. The molecule has 0 unspecified atom stereocenters. The Morgan fingerprint density at radius 1 is 1.19 bits per heavy atom. The minimum absolute atomic E-state index is 0.516. The van der Waals surface area contributed by atoms with Gasteiger partial charge in [-0.25, -0.2) is 0 Å². The first-order valence-electron chi connectivity index (χ1n) is 6.75. The normalized spacial score (nSPS) is 14.6. The van der Waals surface area contributed by atoms with Crippen LogP contribution in [0.15, 0.2) is 18.2 Å². The molecular formula is C14H14N4O2S. The van der Waals surface area contributed by atoms with Crippen molar-refractivity contribution in [2.24, 2.45) is 0 Å². The third-order valence-corrected chi connectivity index (χ3v) is 4.52. The van der Waals surface area contributed by atoms with Crippen molar-refractivity contribution in [3.63, 3.8) is 0 Å². The molecule has 1 aromatic carbocycles. The number of benzene rings is 1. The first-order valence-corrected chi connectivity index (χ1v) is 7.57. The molecule has 1 aliphatic carbocycles. The predicted molar refractivity (Wildman–Crippen MR) is 79.2 cm³/mol. The van der Waals surface area contributed by atoms with Crippen molar-refractivity contribution in [1.82, 2.24) is 19.8 Å². The number of ether oxygens (including phenoxy) is 2. The summed E-state index contributed by atoms with van der Waals surface area (Å²) in [4.78, 5) is 0.816. The number of para-hydroxylation sites is 1. The Balaban J connectivity index is 1.86. The monoisotopic (exact) mass is 302 g/mol. The van der Waals surface area contributed by atoms with Gasteiger partial charge >= 0.3 is 0 Å². The van der Waals surface area contributed by atoms with E-state index in [1.165, 1.54) is 24.2 Å². The molecule has 21 heavy (non-hydrogen) atoms. The number of hydrogen-bond acceptors (Lipinski definition) is 6. The molecule has 0 saturated heterocycles. The zero-order chi connectivity index (χ0) is 14.4. The van der Waals surface area contributed by atoms with Gasteiger partial charge in [0.15, 0.2) is 22.3 Å². The minimum atomic E-state index is 0.516. The van der Waals surface area contributed by atoms with Crippen LogP contribution in [0.25, 0.3) is 15.5 Å². The van der Waals surface area contributed by atoms with E-state index in [0.29, 0.717) is 17.4 Å². The quantitative estimate of drug-likeness (QED) is 0.741. The molecule has 0 N–H and O–H groups in total. The van der Waals surface area contributed by atoms with Gasteiger partial charge in [-0.15, -0.1) is 10.2 Å². The molecule has 0 bridgehead atoms. The zero-order valence-corrected chi connectivity index (χ0v) is 12.6. The molecule has 1 saturated carbocycles. The van der Waals surface area contributed by atoms with Crippen LogP contribution in [0, 0.1) is 0 Å². The standard InChI is InChI=1S/C14H14N4O2S/c1-19-10-5-3-4-9(11(10)20-2)13-17-18-12(8-6-7-8)15-16-14(18)21-13/h3-5,8H,6-7H2,1-2H3. The number of methoxy groups -OCH3 is 2. The number of fused-ring (bicyclic) bond motifs is 1. The smallest absolute Gasteiger partial charge is 0.234 e. The summed E-state index contributed by atoms with van der Waals surface area (Å²) in [6, 6.07) is 5.78. The van der Waals surface area contributed by atoms with Crippen LogP contribution in [-0.4, -0.2) is 34.0 Å². The summed E-state index contributed by atoms with van der Waals surface area (Å²) in [6.45, 7) is 0. The van der Waals surface area contributed by atoms with Crippen molar-refractivity contribution in [2.45, 2.75) is 18.8 Å². The van der Waals surface area contributed by atoms with Gasteiger partial charge in [0.25, 0.3) is 0 Å². The second kappa shape index (κ2) is 4.70. The van der Waals surface area contributed by atoms with E-state index in [1.54, 1.807) is 14.2 Å². The van der Waals surface area contributed by atoms with E-state index in [1.807, 2.05) is 22.7 Å². The third kappa shape index (κ3) is 1.96. The second-order valence-corrected chi connectivity index (χ2v) is 5.93. The molecule has 1 aliphatic rings. The molecule has 0 radical (unpaired) electrons. The molecule has 2 aromatic heterocycles. The van der Waals surface area contributed by atoms with Crippen molar-refractivity contribution in [2.75, 3.05) is 14.2 Å². The lowest BCUT2D eigenvalue weighted by Crippen LogP contribution is -1.95. The van der Waals surface area contributed by atoms with Gasteiger partial charge in [0.05, 0.1) is 19.8 Å². The van der Waals surface area contributed by atoms with E-state index < -0.39 is 0 Å². The van der Waals surface area contributed by atoms with Crippen molar-refractivity contribution >= 4 is 16.3 Å². The van der Waals surface area contributed by atoms with Gasteiger partial charge in [0.2, 0.25) is 4.96 Å². The Morgan fingerprint density at radius 3 is 2.76 bits per heavy atom. The lowest BCUT2D eigenvalue weighted by Gasteiger charge is -2.10. The topological polar surface area (TPSA) is 61.5 Å². The molecule has 1 fully saturated rings. The van der Waals surface area contributed by atoms with Crippen molar-refractivity contribution in [1.29, 1.82) is 0 Å². The van der Waals surface area contributed by atoms with Crippen LogP contribution < -0.4 is 9.47 Å². The van der Waals surface area contributed by atoms with Gasteiger partial charge in [0, 0.05) is 5.92 Å². The Hall–Kier alpha value is -2.15. The van der Waals surface area contributed by atoms with Gasteiger partial charge in [0.1, 0.15) is 0 Å². The Kier molecular flexibility index (Phi) is 2.81. The molecule has 0 amide bonds. The highest BCUT2D eigenvalue weighted by atomic mass is 32.1. The van der Waals surface area contributed by atoms with Gasteiger partial charge in [-0.05, 0) is 25.0 Å². The van der Waals surface area contributed by atoms with Gasteiger partial charge < -0.3 is 9.47 Å². The Morgan fingerprint density at radius 2 is 2.05 bits per heavy atom. The summed E-state index contributed by atoms with van der Waals surface area (Å²) in [6.07, 6.45) is 2.35. The lowest BCUT2D eigenvalue weighted by molar-refractivity contribution is 0.356. The van der Waals surface area contributed by atoms with Gasteiger partial charge in [-0.3, -0.25) is 0 Å². The predicted octanol–water partition coefficient (Wildman–Crippen LogP) is 2.75. The highest BCUT2D eigenvalue weighted by molar-refractivity contribution is 7.19. The molecule has 108 valence electrons. The maximum absolute atomic E-state index is 5.48. The zero-order valence-electron chi connectivity index (χ0n) is 11.7. The average Bonchev–Trinajstić information content (AvgIpc) is 3.14. The summed E-state index contributed by atoms with van der Waals surface area (Å²) < 4.78 is 12.7. The Bertz CT molecular complexity index is 807. The molecule has 4 rings (SSSR count). The fourth-order valence-electron chi connectivity index (χ4n) is 2.39. The fraction of sp³-hybridized carbons (Fsp3) is 0.357. The maximum atomic E-state index is 5.48. The first-order chi connectivity index (χ1) is 10.3. The van der Waals surface area contributed by atoms with Gasteiger partial charge in [-0.1, -0.05) is 17.4 Å². The minimum Gasteiger partial charge on any atom is -0.493 e. The molecule has 2 heterocycles. The van der Waals surface area contributed by atoms with E-state index in [-0.39, 0.29) is 0 Å². The second-order valence-electron chi connectivity index (χ2n) is 4.98. The summed E-state index contributed by atoms with van der Waals surface area (Å²) in [5, 5.41) is 14.0. The van der Waals surface area contributed by atoms with Crippen LogP contribution in [0.2, 0.25) is 0 Å². The third-order valence-electron chi connectivity index (χ3n) is 3.59. The highest BCUT2D eigenvalue weighted by Gasteiger charge is 2.30. The van der Waals surface area contributed by atoms with Crippen LogP contribution >= 0.6 is 11.3 Å². The molecule has 0 aliphatic heterocycles. The van der Waals surface area contributed by atoms with Crippen LogP contribution in [0.3, 0.4) is 0 Å².